The molecule has 1 aliphatic heterocycles. The normalized spacial score (nSPS) is 16.5. The lowest BCUT2D eigenvalue weighted by Gasteiger charge is -2.33. The van der Waals surface area contributed by atoms with Crippen molar-refractivity contribution in [1.82, 2.24) is 10.2 Å². The van der Waals surface area contributed by atoms with E-state index in [0.717, 1.165) is 18.8 Å². The lowest BCUT2D eigenvalue weighted by Crippen LogP contribution is -2.41. The van der Waals surface area contributed by atoms with Crippen molar-refractivity contribution in [2.75, 3.05) is 25.0 Å². The highest BCUT2D eigenvalue weighted by Gasteiger charge is 2.24. The first-order valence-corrected chi connectivity index (χ1v) is 8.72. The van der Waals surface area contributed by atoms with Gasteiger partial charge in [-0.05, 0) is 62.4 Å². The summed E-state index contributed by atoms with van der Waals surface area (Å²) < 4.78 is 19.3. The molecule has 1 aliphatic rings. The molecule has 24 heavy (non-hydrogen) atoms. The van der Waals surface area contributed by atoms with Crippen LogP contribution in [0.15, 0.2) is 47.1 Å². The molecule has 0 unspecified atom stereocenters. The van der Waals surface area contributed by atoms with Crippen molar-refractivity contribution >= 4 is 23.0 Å². The number of hydrogen-bond donors (Lipinski definition) is 2. The molecule has 0 spiro atoms. The summed E-state index contributed by atoms with van der Waals surface area (Å²) in [5.74, 6) is 0.610. The second-order valence-electron chi connectivity index (χ2n) is 5.94. The SMILES string of the molecule is Fc1ccccc1NC(=S)NC[C@@H](c1ccco1)N1CCCCC1. The zero-order chi connectivity index (χ0) is 16.8. The van der Waals surface area contributed by atoms with Crippen LogP contribution in [0.2, 0.25) is 0 Å². The molecule has 6 heteroatoms. The maximum Gasteiger partial charge on any atom is 0.170 e. The molecule has 0 amide bonds. The van der Waals surface area contributed by atoms with Crippen LogP contribution in [0.1, 0.15) is 31.1 Å². The smallest absolute Gasteiger partial charge is 0.170 e. The van der Waals surface area contributed by atoms with Gasteiger partial charge in [-0.25, -0.2) is 4.39 Å². The van der Waals surface area contributed by atoms with Crippen LogP contribution in [0, 0.1) is 5.82 Å². The van der Waals surface area contributed by atoms with Crippen molar-refractivity contribution in [1.29, 1.82) is 0 Å². The second kappa shape index (κ2) is 8.26. The van der Waals surface area contributed by atoms with Crippen molar-refractivity contribution in [3.63, 3.8) is 0 Å². The summed E-state index contributed by atoms with van der Waals surface area (Å²) in [5.41, 5.74) is 0.377. The zero-order valence-corrected chi connectivity index (χ0v) is 14.3. The standard InChI is InChI=1S/C18H22FN3OS/c19-14-7-2-3-8-15(14)21-18(24)20-13-16(17-9-6-12-23-17)22-10-4-1-5-11-22/h2-3,6-9,12,16H,1,4-5,10-11,13H2,(H2,20,21,24)/t16-/m0/s1. The number of likely N-dealkylation sites (tertiary alicyclic amines) is 1. The molecule has 2 N–H and O–H groups in total. The number of thiocarbonyl (C=S) groups is 1. The minimum absolute atomic E-state index is 0.126. The van der Waals surface area contributed by atoms with Gasteiger partial charge in [-0.1, -0.05) is 18.6 Å². The summed E-state index contributed by atoms with van der Waals surface area (Å²) >= 11 is 5.31. The molecule has 1 fully saturated rings. The minimum Gasteiger partial charge on any atom is -0.468 e. The van der Waals surface area contributed by atoms with E-state index >= 15 is 0 Å². The molecule has 0 bridgehead atoms. The quantitative estimate of drug-likeness (QED) is 0.802. The largest absolute Gasteiger partial charge is 0.468 e. The van der Waals surface area contributed by atoms with Gasteiger partial charge in [0.05, 0.1) is 18.0 Å². The van der Waals surface area contributed by atoms with Crippen LogP contribution < -0.4 is 10.6 Å². The minimum atomic E-state index is -0.319. The highest BCUT2D eigenvalue weighted by molar-refractivity contribution is 7.80. The fourth-order valence-electron chi connectivity index (χ4n) is 3.04. The summed E-state index contributed by atoms with van der Waals surface area (Å²) in [6.45, 7) is 2.73. The van der Waals surface area contributed by atoms with Crippen LogP contribution in [0.3, 0.4) is 0 Å². The molecule has 0 radical (unpaired) electrons. The Morgan fingerprint density at radius 1 is 1.17 bits per heavy atom. The lowest BCUT2D eigenvalue weighted by atomic mass is 10.1. The summed E-state index contributed by atoms with van der Waals surface area (Å²) in [6, 6.07) is 10.5. The Balaban J connectivity index is 1.61. The molecule has 4 nitrogen and oxygen atoms in total. The number of nitrogens with zero attached hydrogens (tertiary/aromatic N) is 1. The third-order valence-electron chi connectivity index (χ3n) is 4.28. The molecule has 2 aromatic rings. The molecule has 128 valence electrons. The topological polar surface area (TPSA) is 40.4 Å². The third-order valence-corrected chi connectivity index (χ3v) is 4.53. The molecule has 1 aromatic heterocycles. The molecule has 0 aliphatic carbocycles. The van der Waals surface area contributed by atoms with Crippen molar-refractivity contribution in [3.8, 4) is 0 Å². The second-order valence-corrected chi connectivity index (χ2v) is 6.35. The highest BCUT2D eigenvalue weighted by atomic mass is 32.1. The Hall–Kier alpha value is -1.92. The number of anilines is 1. The number of rotatable bonds is 5. The van der Waals surface area contributed by atoms with E-state index in [4.69, 9.17) is 16.6 Å². The van der Waals surface area contributed by atoms with E-state index in [1.54, 1.807) is 24.5 Å². The van der Waals surface area contributed by atoms with Crippen molar-refractivity contribution in [3.05, 3.63) is 54.2 Å². The number of para-hydroxylation sites is 1. The van der Waals surface area contributed by atoms with E-state index < -0.39 is 0 Å². The number of benzene rings is 1. The molecule has 2 heterocycles. The van der Waals surface area contributed by atoms with Gasteiger partial charge < -0.3 is 15.1 Å². The van der Waals surface area contributed by atoms with Gasteiger partial charge in [0, 0.05) is 6.54 Å². The molecule has 1 aromatic carbocycles. The van der Waals surface area contributed by atoms with E-state index in [-0.39, 0.29) is 11.9 Å². The van der Waals surface area contributed by atoms with E-state index in [2.05, 4.69) is 15.5 Å². The third kappa shape index (κ3) is 4.33. The monoisotopic (exact) mass is 347 g/mol. The molecule has 3 rings (SSSR count). The van der Waals surface area contributed by atoms with E-state index in [9.17, 15) is 4.39 Å². The van der Waals surface area contributed by atoms with Crippen LogP contribution in [0.25, 0.3) is 0 Å². The van der Waals surface area contributed by atoms with Crippen LogP contribution in [-0.4, -0.2) is 29.6 Å². The maximum absolute atomic E-state index is 13.7. The van der Waals surface area contributed by atoms with Gasteiger partial charge in [-0.15, -0.1) is 0 Å². The Labute approximate surface area is 147 Å². The maximum atomic E-state index is 13.7. The van der Waals surface area contributed by atoms with Crippen molar-refractivity contribution < 1.29 is 8.81 Å². The first-order chi connectivity index (χ1) is 11.7. The molecule has 0 saturated carbocycles. The van der Waals surface area contributed by atoms with Crippen LogP contribution >= 0.6 is 12.2 Å². The number of nitrogens with one attached hydrogen (secondary N) is 2. The van der Waals surface area contributed by atoms with Crippen LogP contribution in [0.4, 0.5) is 10.1 Å². The number of hydrogen-bond acceptors (Lipinski definition) is 3. The van der Waals surface area contributed by atoms with E-state index in [1.165, 1.54) is 25.3 Å². The highest BCUT2D eigenvalue weighted by Crippen LogP contribution is 2.24. The van der Waals surface area contributed by atoms with Crippen LogP contribution in [-0.2, 0) is 0 Å². The Kier molecular flexibility index (Phi) is 5.82. The average molecular weight is 347 g/mol. The summed E-state index contributed by atoms with van der Waals surface area (Å²) in [7, 11) is 0. The average Bonchev–Trinajstić information content (AvgIpc) is 3.12. The number of furan rings is 1. The van der Waals surface area contributed by atoms with E-state index in [0.29, 0.717) is 17.3 Å². The zero-order valence-electron chi connectivity index (χ0n) is 13.5. The fourth-order valence-corrected chi connectivity index (χ4v) is 3.23. The summed E-state index contributed by atoms with van der Waals surface area (Å²) in [4.78, 5) is 2.42. The molecule has 1 saturated heterocycles. The Bertz CT molecular complexity index is 656. The van der Waals surface area contributed by atoms with Gasteiger partial charge in [0.25, 0.3) is 0 Å². The number of piperidine rings is 1. The Morgan fingerprint density at radius 3 is 2.67 bits per heavy atom. The predicted molar refractivity (Wildman–Crippen MR) is 97.5 cm³/mol. The van der Waals surface area contributed by atoms with Gasteiger partial charge in [-0.3, -0.25) is 4.90 Å². The molecular formula is C18H22FN3OS. The van der Waals surface area contributed by atoms with Gasteiger partial charge in [0.15, 0.2) is 5.11 Å². The molecular weight excluding hydrogens is 325 g/mol. The van der Waals surface area contributed by atoms with Gasteiger partial charge in [0.2, 0.25) is 0 Å². The van der Waals surface area contributed by atoms with Crippen molar-refractivity contribution in [2.45, 2.75) is 25.3 Å². The summed E-state index contributed by atoms with van der Waals surface area (Å²) in [5, 5.41) is 6.52. The first-order valence-electron chi connectivity index (χ1n) is 8.31. The predicted octanol–water partition coefficient (Wildman–Crippen LogP) is 3.93. The van der Waals surface area contributed by atoms with Gasteiger partial charge >= 0.3 is 0 Å². The van der Waals surface area contributed by atoms with Crippen molar-refractivity contribution in [2.24, 2.45) is 0 Å². The van der Waals surface area contributed by atoms with Gasteiger partial charge in [-0.2, -0.15) is 0 Å². The number of halogens is 1. The Morgan fingerprint density at radius 2 is 1.96 bits per heavy atom. The van der Waals surface area contributed by atoms with Crippen LogP contribution in [0.5, 0.6) is 0 Å². The van der Waals surface area contributed by atoms with E-state index in [1.807, 2.05) is 12.1 Å². The lowest BCUT2D eigenvalue weighted by molar-refractivity contribution is 0.146. The van der Waals surface area contributed by atoms with Gasteiger partial charge in [0.1, 0.15) is 11.6 Å². The molecule has 1 atom stereocenters. The fraction of sp³-hybridized carbons (Fsp3) is 0.389. The summed E-state index contributed by atoms with van der Waals surface area (Å²) in [6.07, 6.45) is 5.38. The first kappa shape index (κ1) is 16.9.